The van der Waals surface area contributed by atoms with Crippen molar-refractivity contribution in [1.82, 2.24) is 19.1 Å². The van der Waals surface area contributed by atoms with Crippen LogP contribution in [0.1, 0.15) is 58.2 Å². The highest BCUT2D eigenvalue weighted by molar-refractivity contribution is 6.12. The molecular formula is C51H46N4O. The lowest BCUT2D eigenvalue weighted by atomic mass is 9.79. The van der Waals surface area contributed by atoms with Crippen molar-refractivity contribution in [1.29, 1.82) is 0 Å². The van der Waals surface area contributed by atoms with Gasteiger partial charge in [-0.1, -0.05) is 126 Å². The average Bonchev–Trinajstić information content (AvgIpc) is 3.74. The number of imidazole rings is 1. The monoisotopic (exact) mass is 730 g/mol. The maximum atomic E-state index is 12.4. The number of fused-ring (bicyclic) bond motifs is 4. The number of para-hydroxylation sites is 4. The lowest BCUT2D eigenvalue weighted by Crippen LogP contribution is -2.17. The molecule has 0 fully saturated rings. The minimum Gasteiger partial charge on any atom is -0.507 e. The zero-order valence-electron chi connectivity index (χ0n) is 33.1. The van der Waals surface area contributed by atoms with E-state index in [-0.39, 0.29) is 16.6 Å². The molecule has 56 heavy (non-hydrogen) atoms. The van der Waals surface area contributed by atoms with Crippen molar-refractivity contribution in [3.8, 4) is 50.9 Å². The molecule has 1 N–H and O–H groups in total. The molecule has 0 aliphatic carbocycles. The molecule has 276 valence electrons. The van der Waals surface area contributed by atoms with Crippen molar-refractivity contribution in [3.63, 3.8) is 0 Å². The fourth-order valence-corrected chi connectivity index (χ4v) is 8.13. The highest BCUT2D eigenvalue weighted by Crippen LogP contribution is 2.46. The second-order valence-corrected chi connectivity index (χ2v) is 17.0. The first-order valence-electron chi connectivity index (χ1n) is 19.4. The van der Waals surface area contributed by atoms with E-state index in [0.29, 0.717) is 11.4 Å². The molecule has 0 aliphatic rings. The van der Waals surface area contributed by atoms with Crippen LogP contribution in [-0.2, 0) is 10.8 Å². The van der Waals surface area contributed by atoms with E-state index < -0.39 is 0 Å². The summed E-state index contributed by atoms with van der Waals surface area (Å²) in [6.45, 7) is 15.3. The van der Waals surface area contributed by atoms with Gasteiger partial charge in [-0.05, 0) is 89.0 Å². The Kier molecular flexibility index (Phi) is 8.24. The number of benzene rings is 6. The quantitative estimate of drug-likeness (QED) is 0.192. The van der Waals surface area contributed by atoms with Crippen molar-refractivity contribution >= 4 is 32.8 Å². The predicted octanol–water partition coefficient (Wildman–Crippen LogP) is 13.1. The van der Waals surface area contributed by atoms with Gasteiger partial charge in [0.25, 0.3) is 0 Å². The Hall–Kier alpha value is -6.46. The van der Waals surface area contributed by atoms with Crippen molar-refractivity contribution in [2.24, 2.45) is 0 Å². The number of aryl methyl sites for hydroxylation is 1. The van der Waals surface area contributed by atoms with Crippen LogP contribution in [0.15, 0.2) is 146 Å². The maximum Gasteiger partial charge on any atom is 0.149 e. The minimum atomic E-state index is -0.313. The van der Waals surface area contributed by atoms with Gasteiger partial charge >= 0.3 is 0 Å². The molecule has 0 unspecified atom stereocenters. The van der Waals surface area contributed by atoms with Gasteiger partial charge in [-0.25, -0.2) is 4.98 Å². The zero-order valence-corrected chi connectivity index (χ0v) is 33.1. The molecule has 9 aromatic rings. The topological polar surface area (TPSA) is 55.9 Å². The number of phenols is 1. The fraction of sp³-hybridized carbons (Fsp3) is 0.176. The molecule has 0 bridgehead atoms. The van der Waals surface area contributed by atoms with Crippen LogP contribution in [0.25, 0.3) is 78.0 Å². The Bertz CT molecular complexity index is 2950. The van der Waals surface area contributed by atoms with Crippen LogP contribution in [0, 0.1) is 6.92 Å². The van der Waals surface area contributed by atoms with E-state index in [1.807, 2.05) is 12.3 Å². The van der Waals surface area contributed by atoms with E-state index in [9.17, 15) is 5.11 Å². The van der Waals surface area contributed by atoms with E-state index in [2.05, 4.69) is 191 Å². The number of aromatic hydroxyl groups is 1. The number of hydrogen-bond acceptors (Lipinski definition) is 3. The molecule has 3 aromatic heterocycles. The second-order valence-electron chi connectivity index (χ2n) is 17.0. The SMILES string of the molecule is Cc1ccnc(-c2cccc(-c3cccc4c3nc(-c3cc(C(C)(C)C)cc(C(C)(C)C)c3O)n4-c3cccc4c5ccccc5n(-c5ccccc5)c34)c2)c1. The summed E-state index contributed by atoms with van der Waals surface area (Å²) in [5.41, 5.74) is 13.5. The Morgan fingerprint density at radius 3 is 2.04 bits per heavy atom. The third-order valence-corrected chi connectivity index (χ3v) is 11.0. The summed E-state index contributed by atoms with van der Waals surface area (Å²) < 4.78 is 4.64. The number of hydrogen-bond donors (Lipinski definition) is 1. The third-order valence-electron chi connectivity index (χ3n) is 11.0. The van der Waals surface area contributed by atoms with Crippen molar-refractivity contribution in [2.75, 3.05) is 0 Å². The van der Waals surface area contributed by atoms with Crippen LogP contribution < -0.4 is 0 Å². The normalized spacial score (nSPS) is 12.3. The Morgan fingerprint density at radius 2 is 1.27 bits per heavy atom. The molecule has 5 nitrogen and oxygen atoms in total. The van der Waals surface area contributed by atoms with E-state index in [1.54, 1.807) is 0 Å². The van der Waals surface area contributed by atoms with Crippen LogP contribution >= 0.6 is 0 Å². The van der Waals surface area contributed by atoms with Crippen LogP contribution in [0.5, 0.6) is 5.75 Å². The predicted molar refractivity (Wildman–Crippen MR) is 233 cm³/mol. The van der Waals surface area contributed by atoms with Gasteiger partial charge in [-0.15, -0.1) is 0 Å². The highest BCUT2D eigenvalue weighted by atomic mass is 16.3. The van der Waals surface area contributed by atoms with E-state index in [1.165, 1.54) is 10.9 Å². The first kappa shape index (κ1) is 35.3. The maximum absolute atomic E-state index is 12.4. The fourth-order valence-electron chi connectivity index (χ4n) is 8.13. The number of nitrogens with zero attached hydrogens (tertiary/aromatic N) is 4. The summed E-state index contributed by atoms with van der Waals surface area (Å²) in [5.74, 6) is 0.947. The summed E-state index contributed by atoms with van der Waals surface area (Å²) in [4.78, 5) is 10.3. The number of phenolic OH excluding ortho intramolecular Hbond substituents is 1. The summed E-state index contributed by atoms with van der Waals surface area (Å²) in [5, 5.41) is 14.8. The number of rotatable bonds is 5. The molecule has 0 spiro atoms. The molecule has 0 saturated carbocycles. The molecule has 0 amide bonds. The van der Waals surface area contributed by atoms with Crippen molar-refractivity contribution in [3.05, 3.63) is 162 Å². The van der Waals surface area contributed by atoms with Gasteiger partial charge < -0.3 is 9.67 Å². The van der Waals surface area contributed by atoms with Gasteiger partial charge in [-0.2, -0.15) is 0 Å². The molecule has 9 rings (SSSR count). The first-order chi connectivity index (χ1) is 26.9. The van der Waals surface area contributed by atoms with Crippen LogP contribution in [0.4, 0.5) is 0 Å². The van der Waals surface area contributed by atoms with Crippen LogP contribution in [0.2, 0.25) is 0 Å². The Labute approximate surface area is 328 Å². The Balaban J connectivity index is 1.42. The lowest BCUT2D eigenvalue weighted by Gasteiger charge is -2.27. The third kappa shape index (κ3) is 5.86. The highest BCUT2D eigenvalue weighted by Gasteiger charge is 2.29. The van der Waals surface area contributed by atoms with Crippen molar-refractivity contribution < 1.29 is 5.11 Å². The van der Waals surface area contributed by atoms with Crippen LogP contribution in [0.3, 0.4) is 0 Å². The molecule has 0 aliphatic heterocycles. The Morgan fingerprint density at radius 1 is 0.571 bits per heavy atom. The minimum absolute atomic E-state index is 0.172. The molecule has 0 radical (unpaired) electrons. The summed E-state index contributed by atoms with van der Waals surface area (Å²) in [6, 6.07) is 49.2. The zero-order chi connectivity index (χ0) is 38.9. The van der Waals surface area contributed by atoms with E-state index in [4.69, 9.17) is 9.97 Å². The second kappa shape index (κ2) is 13.1. The molecule has 5 heteroatoms. The molecule has 6 aromatic carbocycles. The van der Waals surface area contributed by atoms with Gasteiger partial charge in [0.2, 0.25) is 0 Å². The number of aromatic nitrogens is 4. The van der Waals surface area contributed by atoms with Crippen LogP contribution in [-0.4, -0.2) is 24.2 Å². The number of pyridine rings is 1. The summed E-state index contributed by atoms with van der Waals surface area (Å²) in [7, 11) is 0. The summed E-state index contributed by atoms with van der Waals surface area (Å²) in [6.07, 6.45) is 1.87. The smallest absolute Gasteiger partial charge is 0.149 e. The van der Waals surface area contributed by atoms with Gasteiger partial charge in [-0.3, -0.25) is 9.55 Å². The lowest BCUT2D eigenvalue weighted by molar-refractivity contribution is 0.446. The molecular weight excluding hydrogens is 685 g/mol. The average molecular weight is 731 g/mol. The van der Waals surface area contributed by atoms with Gasteiger partial charge in [0.1, 0.15) is 11.6 Å². The first-order valence-corrected chi connectivity index (χ1v) is 19.4. The van der Waals surface area contributed by atoms with Gasteiger partial charge in [0, 0.05) is 39.3 Å². The largest absolute Gasteiger partial charge is 0.507 e. The van der Waals surface area contributed by atoms with E-state index in [0.717, 1.165) is 72.3 Å². The molecule has 0 saturated heterocycles. The van der Waals surface area contributed by atoms with Gasteiger partial charge in [0.05, 0.1) is 39.0 Å². The van der Waals surface area contributed by atoms with E-state index >= 15 is 0 Å². The summed E-state index contributed by atoms with van der Waals surface area (Å²) >= 11 is 0. The van der Waals surface area contributed by atoms with Crippen molar-refractivity contribution in [2.45, 2.75) is 59.3 Å². The standard InChI is InChI=1S/C51H46N4O/c1-32-26-27-52-42(28-32)34-17-13-16-33(29-34)37-21-14-24-44-46(37)53-49(40-30-35(50(2,3)4)31-41(48(40)56)51(5,6)7)55(44)45-25-15-22-39-38-20-11-12-23-43(38)54(47(39)45)36-18-9-8-10-19-36/h8-31,56H,1-7H3. The molecule has 3 heterocycles. The molecule has 0 atom stereocenters. The van der Waals surface area contributed by atoms with Gasteiger partial charge in [0.15, 0.2) is 0 Å².